The number of benzene rings is 1. The molecule has 0 radical (unpaired) electrons. The molecule has 1 fully saturated rings. The average Bonchev–Trinajstić information content (AvgIpc) is 2.81. The Hall–Kier alpha value is -1.73. The number of nitrogens with two attached hydrogens (primary N) is 1. The summed E-state index contributed by atoms with van der Waals surface area (Å²) in [6.07, 6.45) is 4.12. The number of nitrogen functional groups attached to an aromatic ring is 1. The lowest BCUT2D eigenvalue weighted by Gasteiger charge is -2.30. The molecule has 0 atom stereocenters. The molecule has 17 heavy (non-hydrogen) atoms. The Morgan fingerprint density at radius 2 is 2.12 bits per heavy atom. The van der Waals surface area contributed by atoms with E-state index >= 15 is 0 Å². The molecule has 0 saturated heterocycles. The molecule has 0 aliphatic heterocycles. The van der Waals surface area contributed by atoms with Gasteiger partial charge in [-0.3, -0.25) is 0 Å². The Balaban J connectivity index is 2.25. The predicted octanol–water partition coefficient (Wildman–Crippen LogP) is 1.86. The van der Waals surface area contributed by atoms with Crippen molar-refractivity contribution in [2.24, 2.45) is 0 Å². The van der Waals surface area contributed by atoms with E-state index in [1.165, 1.54) is 0 Å². The highest BCUT2D eigenvalue weighted by Crippen LogP contribution is 2.34. The number of nitrogens with zero attached hydrogens (tertiary/aromatic N) is 1. The van der Waals surface area contributed by atoms with Gasteiger partial charge in [0, 0.05) is 0 Å². The van der Waals surface area contributed by atoms with Crippen molar-refractivity contribution in [3.8, 4) is 6.07 Å². The van der Waals surface area contributed by atoms with Crippen molar-refractivity contribution in [2.75, 3.05) is 17.7 Å². The average molecular weight is 231 g/mol. The van der Waals surface area contributed by atoms with E-state index in [-0.39, 0.29) is 12.1 Å². The van der Waals surface area contributed by atoms with Gasteiger partial charge in [-0.15, -0.1) is 0 Å². The van der Waals surface area contributed by atoms with Gasteiger partial charge >= 0.3 is 0 Å². The van der Waals surface area contributed by atoms with Gasteiger partial charge in [-0.05, 0) is 31.0 Å². The first kappa shape index (κ1) is 11.7. The third kappa shape index (κ3) is 2.34. The lowest BCUT2D eigenvalue weighted by atomic mass is 9.98. The van der Waals surface area contributed by atoms with Gasteiger partial charge in [0.2, 0.25) is 0 Å². The SMILES string of the molecule is N#Cc1ccc(N)c(NC2(CO)CCCC2)c1. The molecule has 1 saturated carbocycles. The van der Waals surface area contributed by atoms with Crippen LogP contribution in [0.2, 0.25) is 0 Å². The normalized spacial score (nSPS) is 17.6. The second-order valence-electron chi connectivity index (χ2n) is 4.68. The highest BCUT2D eigenvalue weighted by atomic mass is 16.3. The minimum Gasteiger partial charge on any atom is -0.397 e. The number of nitrogens with one attached hydrogen (secondary N) is 1. The Morgan fingerprint density at radius 1 is 1.41 bits per heavy atom. The van der Waals surface area contributed by atoms with Crippen molar-refractivity contribution in [1.82, 2.24) is 0 Å². The number of aliphatic hydroxyl groups is 1. The molecule has 4 heteroatoms. The van der Waals surface area contributed by atoms with Crippen LogP contribution in [0.5, 0.6) is 0 Å². The molecule has 0 unspecified atom stereocenters. The number of anilines is 2. The van der Waals surface area contributed by atoms with Gasteiger partial charge in [-0.1, -0.05) is 12.8 Å². The van der Waals surface area contributed by atoms with Gasteiger partial charge in [-0.25, -0.2) is 0 Å². The zero-order chi connectivity index (χ0) is 12.3. The second kappa shape index (κ2) is 4.64. The van der Waals surface area contributed by atoms with E-state index in [2.05, 4.69) is 11.4 Å². The topological polar surface area (TPSA) is 82.1 Å². The van der Waals surface area contributed by atoms with Crippen LogP contribution >= 0.6 is 0 Å². The molecule has 4 N–H and O–H groups in total. The van der Waals surface area contributed by atoms with Gasteiger partial charge in [-0.2, -0.15) is 5.26 Å². The van der Waals surface area contributed by atoms with Crippen molar-refractivity contribution in [1.29, 1.82) is 5.26 Å². The molecule has 1 aliphatic rings. The van der Waals surface area contributed by atoms with Crippen molar-refractivity contribution < 1.29 is 5.11 Å². The molecule has 0 spiro atoms. The smallest absolute Gasteiger partial charge is 0.0992 e. The van der Waals surface area contributed by atoms with Crippen LogP contribution in [0, 0.1) is 11.3 Å². The van der Waals surface area contributed by atoms with Crippen molar-refractivity contribution in [3.63, 3.8) is 0 Å². The summed E-state index contributed by atoms with van der Waals surface area (Å²) in [4.78, 5) is 0. The number of hydrogen-bond donors (Lipinski definition) is 3. The Morgan fingerprint density at radius 3 is 2.71 bits per heavy atom. The first-order chi connectivity index (χ1) is 8.19. The Labute approximate surface area is 101 Å². The van der Waals surface area contributed by atoms with E-state index in [1.807, 2.05) is 0 Å². The molecule has 0 bridgehead atoms. The lowest BCUT2D eigenvalue weighted by molar-refractivity contribution is 0.214. The first-order valence-corrected chi connectivity index (χ1v) is 5.88. The highest BCUT2D eigenvalue weighted by Gasteiger charge is 2.33. The molecule has 90 valence electrons. The highest BCUT2D eigenvalue weighted by molar-refractivity contribution is 5.69. The van der Waals surface area contributed by atoms with Crippen LogP contribution < -0.4 is 11.1 Å². The lowest BCUT2D eigenvalue weighted by Crippen LogP contribution is -2.39. The van der Waals surface area contributed by atoms with Crippen LogP contribution in [0.25, 0.3) is 0 Å². The van der Waals surface area contributed by atoms with Crippen molar-refractivity contribution in [2.45, 2.75) is 31.2 Å². The Bertz CT molecular complexity index is 444. The van der Waals surface area contributed by atoms with E-state index in [9.17, 15) is 5.11 Å². The summed E-state index contributed by atoms with van der Waals surface area (Å²) in [5, 5.41) is 21.7. The van der Waals surface area contributed by atoms with Crippen LogP contribution in [0.15, 0.2) is 18.2 Å². The fraction of sp³-hybridized carbons (Fsp3) is 0.462. The van der Waals surface area contributed by atoms with Gasteiger partial charge in [0.25, 0.3) is 0 Å². The van der Waals surface area contributed by atoms with Crippen LogP contribution in [-0.2, 0) is 0 Å². The Kier molecular flexibility index (Phi) is 3.21. The fourth-order valence-corrected chi connectivity index (χ4v) is 2.39. The summed E-state index contributed by atoms with van der Waals surface area (Å²) in [5.41, 5.74) is 7.56. The molecular weight excluding hydrogens is 214 g/mol. The van der Waals surface area contributed by atoms with Crippen molar-refractivity contribution >= 4 is 11.4 Å². The van der Waals surface area contributed by atoms with Gasteiger partial charge in [0.1, 0.15) is 0 Å². The van der Waals surface area contributed by atoms with E-state index in [4.69, 9.17) is 11.0 Å². The summed E-state index contributed by atoms with van der Waals surface area (Å²) >= 11 is 0. The zero-order valence-electron chi connectivity index (χ0n) is 9.74. The molecular formula is C13H17N3O. The van der Waals surface area contributed by atoms with E-state index in [0.717, 1.165) is 31.4 Å². The largest absolute Gasteiger partial charge is 0.397 e. The maximum absolute atomic E-state index is 9.53. The van der Waals surface area contributed by atoms with E-state index in [1.54, 1.807) is 18.2 Å². The monoisotopic (exact) mass is 231 g/mol. The zero-order valence-corrected chi connectivity index (χ0v) is 9.74. The van der Waals surface area contributed by atoms with Crippen LogP contribution in [-0.4, -0.2) is 17.3 Å². The van der Waals surface area contributed by atoms with E-state index in [0.29, 0.717) is 11.3 Å². The summed E-state index contributed by atoms with van der Waals surface area (Å²) in [6, 6.07) is 7.25. The maximum Gasteiger partial charge on any atom is 0.0992 e. The third-order valence-corrected chi connectivity index (χ3v) is 3.45. The minimum atomic E-state index is -0.262. The summed E-state index contributed by atoms with van der Waals surface area (Å²) in [6.45, 7) is 0.100. The second-order valence-corrected chi connectivity index (χ2v) is 4.68. The van der Waals surface area contributed by atoms with Crippen LogP contribution in [0.1, 0.15) is 31.2 Å². The summed E-state index contributed by atoms with van der Waals surface area (Å²) in [5.74, 6) is 0. The molecule has 1 aliphatic carbocycles. The third-order valence-electron chi connectivity index (χ3n) is 3.45. The number of nitriles is 1. The predicted molar refractivity (Wildman–Crippen MR) is 67.5 cm³/mol. The van der Waals surface area contributed by atoms with Crippen LogP contribution in [0.3, 0.4) is 0 Å². The molecule has 1 aromatic carbocycles. The molecule has 0 heterocycles. The van der Waals surface area contributed by atoms with Gasteiger partial charge < -0.3 is 16.2 Å². The standard InChI is InChI=1S/C13H17N3O/c14-8-10-3-4-11(15)12(7-10)16-13(9-17)5-1-2-6-13/h3-4,7,16-17H,1-2,5-6,9,15H2. The maximum atomic E-state index is 9.53. The molecule has 2 rings (SSSR count). The minimum absolute atomic E-state index is 0.100. The van der Waals surface area contributed by atoms with Gasteiger partial charge in [0.15, 0.2) is 0 Å². The van der Waals surface area contributed by atoms with Gasteiger partial charge in [0.05, 0.1) is 35.2 Å². The molecule has 0 aromatic heterocycles. The molecule has 1 aromatic rings. The quantitative estimate of drug-likeness (QED) is 0.693. The van der Waals surface area contributed by atoms with Crippen LogP contribution in [0.4, 0.5) is 11.4 Å². The summed E-state index contributed by atoms with van der Waals surface area (Å²) < 4.78 is 0. The number of aliphatic hydroxyl groups excluding tert-OH is 1. The first-order valence-electron chi connectivity index (χ1n) is 5.88. The van der Waals surface area contributed by atoms with Crippen molar-refractivity contribution in [3.05, 3.63) is 23.8 Å². The fourth-order valence-electron chi connectivity index (χ4n) is 2.39. The number of hydrogen-bond acceptors (Lipinski definition) is 4. The molecule has 4 nitrogen and oxygen atoms in total. The number of rotatable bonds is 3. The molecule has 0 amide bonds. The van der Waals surface area contributed by atoms with E-state index < -0.39 is 0 Å². The summed E-state index contributed by atoms with van der Waals surface area (Å²) in [7, 11) is 0.